The molecule has 0 bridgehead atoms. The van der Waals surface area contributed by atoms with Crippen LogP contribution in [0, 0.1) is 0 Å². The molecule has 0 unspecified atom stereocenters. The molecule has 0 saturated heterocycles. The van der Waals surface area contributed by atoms with Crippen LogP contribution in [-0.4, -0.2) is 30.1 Å². The van der Waals surface area contributed by atoms with Crippen molar-refractivity contribution in [3.63, 3.8) is 0 Å². The van der Waals surface area contributed by atoms with Crippen molar-refractivity contribution in [3.8, 4) is 5.75 Å². The van der Waals surface area contributed by atoms with Crippen molar-refractivity contribution in [3.05, 3.63) is 81.7 Å². The quantitative estimate of drug-likeness (QED) is 0.574. The van der Waals surface area contributed by atoms with Crippen LogP contribution in [0.5, 0.6) is 5.75 Å². The number of benzene rings is 2. The second-order valence-corrected chi connectivity index (χ2v) is 9.08. The third-order valence-electron chi connectivity index (χ3n) is 5.82. The van der Waals surface area contributed by atoms with Gasteiger partial charge in [0.15, 0.2) is 0 Å². The van der Waals surface area contributed by atoms with E-state index in [1.807, 2.05) is 54.6 Å². The van der Waals surface area contributed by atoms with E-state index >= 15 is 0 Å². The van der Waals surface area contributed by atoms with Gasteiger partial charge in [-0.05, 0) is 42.2 Å². The number of thiophene rings is 1. The van der Waals surface area contributed by atoms with Gasteiger partial charge in [0.1, 0.15) is 23.5 Å². The Kier molecular flexibility index (Phi) is 5.92. The number of hydrogen-bond acceptors (Lipinski definition) is 6. The van der Waals surface area contributed by atoms with E-state index in [0.717, 1.165) is 32.3 Å². The Morgan fingerprint density at radius 2 is 1.91 bits per heavy atom. The molecule has 3 aromatic rings. The van der Waals surface area contributed by atoms with E-state index in [1.54, 1.807) is 23.2 Å². The van der Waals surface area contributed by atoms with Crippen LogP contribution < -0.4 is 15.4 Å². The molecule has 5 rings (SSSR count). The molecule has 0 saturated carbocycles. The van der Waals surface area contributed by atoms with Crippen molar-refractivity contribution >= 4 is 28.3 Å². The highest BCUT2D eigenvalue weighted by molar-refractivity contribution is 7.16. The summed E-state index contributed by atoms with van der Waals surface area (Å²) < 4.78 is 11.0. The van der Waals surface area contributed by atoms with Gasteiger partial charge >= 0.3 is 6.09 Å². The molecule has 1 atom stereocenters. The topological polar surface area (TPSA) is 79.9 Å². The van der Waals surface area contributed by atoms with Crippen LogP contribution in [0.15, 0.2) is 54.6 Å². The fourth-order valence-electron chi connectivity index (χ4n) is 4.15. The van der Waals surface area contributed by atoms with Gasteiger partial charge in [-0.1, -0.05) is 42.5 Å². The molecule has 1 aromatic heterocycles. The minimum absolute atomic E-state index is 0.0831. The summed E-state index contributed by atoms with van der Waals surface area (Å²) in [5.41, 5.74) is 3.79. The predicted octanol–water partition coefficient (Wildman–Crippen LogP) is 4.70. The molecule has 2 N–H and O–H groups in total. The molecule has 2 aliphatic rings. The van der Waals surface area contributed by atoms with E-state index in [9.17, 15) is 9.59 Å². The van der Waals surface area contributed by atoms with E-state index in [-0.39, 0.29) is 18.2 Å². The number of hydrogen-bond donors (Lipinski definition) is 2. The van der Waals surface area contributed by atoms with Gasteiger partial charge in [-0.3, -0.25) is 4.79 Å². The first kappa shape index (κ1) is 21.3. The number of carbonyl (C=O) groups excluding carboxylic acids is 2. The molecule has 3 heterocycles. The van der Waals surface area contributed by atoms with E-state index in [2.05, 4.69) is 10.6 Å². The van der Waals surface area contributed by atoms with Crippen LogP contribution in [-0.2, 0) is 24.3 Å². The highest BCUT2D eigenvalue weighted by Crippen LogP contribution is 2.41. The maximum Gasteiger partial charge on any atom is 0.410 e. The van der Waals surface area contributed by atoms with E-state index < -0.39 is 0 Å². The van der Waals surface area contributed by atoms with Crippen molar-refractivity contribution in [2.24, 2.45) is 0 Å². The molecular formula is C25H25N3O4S. The lowest BCUT2D eigenvalue weighted by atomic mass is 10.0. The number of rotatable bonds is 5. The van der Waals surface area contributed by atoms with Crippen molar-refractivity contribution in [1.29, 1.82) is 0 Å². The molecule has 7 nitrogen and oxygen atoms in total. The van der Waals surface area contributed by atoms with Gasteiger partial charge in [0, 0.05) is 11.4 Å². The number of nitrogens with zero attached hydrogens (tertiary/aromatic N) is 1. The van der Waals surface area contributed by atoms with E-state index in [0.29, 0.717) is 38.3 Å². The number of nitrogens with one attached hydrogen (secondary N) is 2. The number of ether oxygens (including phenoxy) is 2. The van der Waals surface area contributed by atoms with E-state index in [1.165, 1.54) is 0 Å². The zero-order valence-corrected chi connectivity index (χ0v) is 19.1. The summed E-state index contributed by atoms with van der Waals surface area (Å²) in [6.45, 7) is 3.68. The fraction of sp³-hybridized carbons (Fsp3) is 0.280. The maximum absolute atomic E-state index is 13.0. The van der Waals surface area contributed by atoms with Crippen LogP contribution >= 0.6 is 11.3 Å². The summed E-state index contributed by atoms with van der Waals surface area (Å²) in [6, 6.07) is 17.8. The average molecular weight is 464 g/mol. The number of anilines is 1. The molecule has 2 aromatic carbocycles. The van der Waals surface area contributed by atoms with Crippen molar-refractivity contribution in [2.45, 2.75) is 32.7 Å². The maximum atomic E-state index is 13.0. The SMILES string of the molecule is CCOC(=O)N1CCc2c(sc3c2C(=O)N[C@@H](c2ccc(OCc4ccccc4)cc2)N3)C1. The largest absolute Gasteiger partial charge is 0.489 e. The van der Waals surface area contributed by atoms with Crippen LogP contribution in [0.4, 0.5) is 9.80 Å². The molecule has 0 spiro atoms. The lowest BCUT2D eigenvalue weighted by Gasteiger charge is -2.28. The summed E-state index contributed by atoms with van der Waals surface area (Å²) in [7, 11) is 0. The van der Waals surface area contributed by atoms with Gasteiger partial charge in [0.2, 0.25) is 0 Å². The van der Waals surface area contributed by atoms with Crippen LogP contribution in [0.25, 0.3) is 0 Å². The fourth-order valence-corrected chi connectivity index (χ4v) is 5.44. The summed E-state index contributed by atoms with van der Waals surface area (Å²) in [5, 5.41) is 7.38. The third-order valence-corrected chi connectivity index (χ3v) is 6.97. The normalized spacial score (nSPS) is 16.8. The zero-order valence-electron chi connectivity index (χ0n) is 18.3. The number of carbonyl (C=O) groups is 2. The Bertz CT molecular complexity index is 1160. The molecule has 33 heavy (non-hydrogen) atoms. The first-order valence-electron chi connectivity index (χ1n) is 11.0. The molecule has 170 valence electrons. The number of fused-ring (bicyclic) bond motifs is 3. The number of amides is 2. The standard InChI is InChI=1S/C25H25N3O4S/c1-2-31-25(30)28-13-12-19-20(14-28)33-24-21(19)23(29)26-22(27-24)17-8-10-18(11-9-17)32-15-16-6-4-3-5-7-16/h3-11,22,27H,2,12-15H2,1H3,(H,26,29)/t22-/m1/s1. The van der Waals surface area contributed by atoms with Crippen molar-refractivity contribution in [2.75, 3.05) is 18.5 Å². The molecule has 2 amide bonds. The summed E-state index contributed by atoms with van der Waals surface area (Å²) >= 11 is 1.54. The summed E-state index contributed by atoms with van der Waals surface area (Å²) in [4.78, 5) is 27.8. The predicted molar refractivity (Wildman–Crippen MR) is 127 cm³/mol. The first-order valence-corrected chi connectivity index (χ1v) is 11.8. The van der Waals surface area contributed by atoms with Gasteiger partial charge < -0.3 is 25.0 Å². The highest BCUT2D eigenvalue weighted by Gasteiger charge is 2.34. The molecule has 0 radical (unpaired) electrons. The minimum Gasteiger partial charge on any atom is -0.489 e. The van der Waals surface area contributed by atoms with Crippen LogP contribution in [0.1, 0.15) is 45.0 Å². The molecule has 2 aliphatic heterocycles. The Hall–Kier alpha value is -3.52. The van der Waals surface area contributed by atoms with E-state index in [4.69, 9.17) is 9.47 Å². The van der Waals surface area contributed by atoms with Crippen LogP contribution in [0.3, 0.4) is 0 Å². The first-order chi connectivity index (χ1) is 16.1. The minimum atomic E-state index is -0.325. The second kappa shape index (κ2) is 9.15. The van der Waals surface area contributed by atoms with Gasteiger partial charge in [-0.25, -0.2) is 4.79 Å². The molecule has 0 aliphatic carbocycles. The zero-order chi connectivity index (χ0) is 22.8. The summed E-state index contributed by atoms with van der Waals surface area (Å²) in [6.07, 6.45) is 0.0153. The van der Waals surface area contributed by atoms with Crippen molar-refractivity contribution in [1.82, 2.24) is 10.2 Å². The molecule has 0 fully saturated rings. The average Bonchev–Trinajstić information content (AvgIpc) is 3.22. The Labute approximate surface area is 196 Å². The lowest BCUT2D eigenvalue weighted by Crippen LogP contribution is -2.39. The Morgan fingerprint density at radius 3 is 2.67 bits per heavy atom. The highest BCUT2D eigenvalue weighted by atomic mass is 32.1. The Morgan fingerprint density at radius 1 is 1.12 bits per heavy atom. The van der Waals surface area contributed by atoms with Gasteiger partial charge in [-0.2, -0.15) is 0 Å². The lowest BCUT2D eigenvalue weighted by molar-refractivity contribution is 0.0934. The van der Waals surface area contributed by atoms with Crippen molar-refractivity contribution < 1.29 is 19.1 Å². The van der Waals surface area contributed by atoms with Gasteiger partial charge in [0.25, 0.3) is 5.91 Å². The molecular weight excluding hydrogens is 438 g/mol. The molecule has 8 heteroatoms. The van der Waals surface area contributed by atoms with Gasteiger partial charge in [-0.15, -0.1) is 11.3 Å². The smallest absolute Gasteiger partial charge is 0.410 e. The van der Waals surface area contributed by atoms with Gasteiger partial charge in [0.05, 0.1) is 18.7 Å². The van der Waals surface area contributed by atoms with Crippen LogP contribution in [0.2, 0.25) is 0 Å². The summed E-state index contributed by atoms with van der Waals surface area (Å²) in [5.74, 6) is 0.691. The monoisotopic (exact) mass is 463 g/mol. The Balaban J connectivity index is 1.28. The third kappa shape index (κ3) is 4.39. The second-order valence-electron chi connectivity index (χ2n) is 7.97.